The average Bonchev–Trinajstić information content (AvgIpc) is 2.15. The molecule has 2 N–H and O–H groups in total. The molecule has 7 heteroatoms. The lowest BCUT2D eigenvalue weighted by atomic mass is 10.3. The maximum absolute atomic E-state index is 10.7. The van der Waals surface area contributed by atoms with Crippen LogP contribution in [-0.2, 0) is 14.3 Å². The van der Waals surface area contributed by atoms with Crippen LogP contribution in [0.5, 0.6) is 0 Å². The van der Waals surface area contributed by atoms with Crippen molar-refractivity contribution in [1.82, 2.24) is 5.32 Å². The maximum atomic E-state index is 10.7. The molecule has 1 rings (SSSR count). The minimum Gasteiger partial charge on any atom is -0.347 e. The lowest BCUT2D eigenvalue weighted by Crippen LogP contribution is -2.17. The molecule has 15 heavy (non-hydrogen) atoms. The monoisotopic (exact) mass is 229 g/mol. The molecule has 6 nitrogen and oxygen atoms in total. The summed E-state index contributed by atoms with van der Waals surface area (Å²) in [6, 6.07) is 0. The van der Waals surface area contributed by atoms with Gasteiger partial charge in [0.2, 0.25) is 0 Å². The van der Waals surface area contributed by atoms with Gasteiger partial charge < -0.3 is 10.7 Å². The summed E-state index contributed by atoms with van der Waals surface area (Å²) in [5.74, 6) is 0.472. The van der Waals surface area contributed by atoms with Gasteiger partial charge in [-0.05, 0) is 12.2 Å². The zero-order valence-electron chi connectivity index (χ0n) is 8.10. The molecule has 0 aromatic heterocycles. The van der Waals surface area contributed by atoms with Crippen LogP contribution in [0, 0.1) is 5.41 Å². The Balaban J connectivity index is 2.66. The summed E-state index contributed by atoms with van der Waals surface area (Å²) in [6.45, 7) is -0.105. The van der Waals surface area contributed by atoms with Gasteiger partial charge in [0.15, 0.2) is 0 Å². The third-order valence-corrected chi connectivity index (χ3v) is 1.98. The van der Waals surface area contributed by atoms with E-state index in [1.54, 1.807) is 12.3 Å². The van der Waals surface area contributed by atoms with Crippen LogP contribution in [-0.4, -0.2) is 33.2 Å². The van der Waals surface area contributed by atoms with Crippen molar-refractivity contribution in [3.05, 3.63) is 24.2 Å². The van der Waals surface area contributed by atoms with Crippen LogP contribution in [0.3, 0.4) is 0 Å². The van der Waals surface area contributed by atoms with Crippen LogP contribution in [0.4, 0.5) is 0 Å². The Kier molecular flexibility index (Phi) is 3.75. The molecule has 0 aromatic carbocycles. The molecule has 0 saturated heterocycles. The van der Waals surface area contributed by atoms with E-state index >= 15 is 0 Å². The van der Waals surface area contributed by atoms with Crippen molar-refractivity contribution in [2.45, 2.75) is 0 Å². The van der Waals surface area contributed by atoms with Crippen LogP contribution >= 0.6 is 0 Å². The standard InChI is InChI=1S/C8H11N3O3S/c1-15(12,13)14-6-7-3-5-10-8(11-7)2-4-9/h2-5,9-10H,6H2,1H3/b8-2+,9-4?. The summed E-state index contributed by atoms with van der Waals surface area (Å²) in [5.41, 5.74) is 0.479. The second kappa shape index (κ2) is 4.85. The molecule has 1 aliphatic heterocycles. The fraction of sp³-hybridized carbons (Fsp3) is 0.250. The Morgan fingerprint density at radius 2 is 2.40 bits per heavy atom. The van der Waals surface area contributed by atoms with Crippen LogP contribution in [0.15, 0.2) is 29.2 Å². The van der Waals surface area contributed by atoms with Gasteiger partial charge in [0, 0.05) is 12.4 Å². The highest BCUT2D eigenvalue weighted by atomic mass is 32.2. The first-order valence-corrected chi connectivity index (χ1v) is 5.89. The number of hydrogen-bond donors (Lipinski definition) is 2. The fourth-order valence-electron chi connectivity index (χ4n) is 0.860. The topological polar surface area (TPSA) is 91.6 Å². The summed E-state index contributed by atoms with van der Waals surface area (Å²) in [5, 5.41) is 9.63. The first-order valence-electron chi connectivity index (χ1n) is 4.07. The number of rotatable bonds is 4. The number of nitrogens with zero attached hydrogens (tertiary/aromatic N) is 1. The largest absolute Gasteiger partial charge is 0.347 e. The highest BCUT2D eigenvalue weighted by Gasteiger charge is 2.07. The molecule has 0 fully saturated rings. The summed E-state index contributed by atoms with van der Waals surface area (Å²) >= 11 is 0. The third kappa shape index (κ3) is 4.52. The van der Waals surface area contributed by atoms with Gasteiger partial charge in [-0.15, -0.1) is 0 Å². The molecule has 0 aliphatic carbocycles. The van der Waals surface area contributed by atoms with Gasteiger partial charge in [0.05, 0.1) is 12.0 Å². The van der Waals surface area contributed by atoms with Crippen LogP contribution in [0.1, 0.15) is 0 Å². The van der Waals surface area contributed by atoms with E-state index in [2.05, 4.69) is 14.5 Å². The molecule has 0 radical (unpaired) electrons. The van der Waals surface area contributed by atoms with Gasteiger partial charge in [-0.1, -0.05) is 0 Å². The highest BCUT2D eigenvalue weighted by Crippen LogP contribution is 2.01. The summed E-state index contributed by atoms with van der Waals surface area (Å²) in [7, 11) is -3.45. The Labute approximate surface area is 88.0 Å². The molecule has 0 unspecified atom stereocenters. The molecule has 0 spiro atoms. The average molecular weight is 229 g/mol. The molecule has 0 aromatic rings. The van der Waals surface area contributed by atoms with Gasteiger partial charge in [0.25, 0.3) is 10.1 Å². The molecule has 0 bridgehead atoms. The van der Waals surface area contributed by atoms with Gasteiger partial charge in [-0.3, -0.25) is 4.18 Å². The Hall–Kier alpha value is -1.47. The SMILES string of the molecule is CS(=O)(=O)OCC1=N/C(=C/C=N)NC=C1. The second-order valence-electron chi connectivity index (χ2n) is 2.77. The van der Waals surface area contributed by atoms with E-state index in [-0.39, 0.29) is 6.61 Å². The lowest BCUT2D eigenvalue weighted by molar-refractivity contribution is 0.373. The maximum Gasteiger partial charge on any atom is 0.264 e. The lowest BCUT2D eigenvalue weighted by Gasteiger charge is -2.09. The third-order valence-electron chi connectivity index (χ3n) is 1.43. The van der Waals surface area contributed by atoms with Crippen molar-refractivity contribution in [3.63, 3.8) is 0 Å². The highest BCUT2D eigenvalue weighted by molar-refractivity contribution is 7.86. The molecular formula is C8H11N3O3S. The van der Waals surface area contributed by atoms with Gasteiger partial charge in [-0.2, -0.15) is 8.42 Å². The van der Waals surface area contributed by atoms with Crippen molar-refractivity contribution in [1.29, 1.82) is 5.41 Å². The zero-order chi connectivity index (χ0) is 11.3. The minimum absolute atomic E-state index is 0.105. The first kappa shape index (κ1) is 11.6. The molecule has 1 heterocycles. The van der Waals surface area contributed by atoms with Gasteiger partial charge in [0.1, 0.15) is 12.4 Å². The predicted molar refractivity (Wildman–Crippen MR) is 57.4 cm³/mol. The summed E-state index contributed by atoms with van der Waals surface area (Å²) in [6.07, 6.45) is 6.71. The van der Waals surface area contributed by atoms with E-state index < -0.39 is 10.1 Å². The normalized spacial score (nSPS) is 18.5. The molecule has 0 saturated carbocycles. The van der Waals surface area contributed by atoms with Gasteiger partial charge >= 0.3 is 0 Å². The molecule has 82 valence electrons. The van der Waals surface area contributed by atoms with Crippen molar-refractivity contribution in [3.8, 4) is 0 Å². The smallest absolute Gasteiger partial charge is 0.264 e. The van der Waals surface area contributed by atoms with Crippen LogP contribution in [0.2, 0.25) is 0 Å². The van der Waals surface area contributed by atoms with E-state index in [1.165, 1.54) is 6.08 Å². The zero-order valence-corrected chi connectivity index (χ0v) is 8.91. The minimum atomic E-state index is -3.45. The molecular weight excluding hydrogens is 218 g/mol. The van der Waals surface area contributed by atoms with E-state index in [0.29, 0.717) is 11.5 Å². The summed E-state index contributed by atoms with van der Waals surface area (Å²) < 4.78 is 26.0. The summed E-state index contributed by atoms with van der Waals surface area (Å²) in [4.78, 5) is 4.01. The van der Waals surface area contributed by atoms with E-state index in [9.17, 15) is 8.42 Å². The van der Waals surface area contributed by atoms with Gasteiger partial charge in [-0.25, -0.2) is 4.99 Å². The van der Waals surface area contributed by atoms with E-state index in [1.807, 2.05) is 0 Å². The quantitative estimate of drug-likeness (QED) is 0.524. The number of nitrogens with one attached hydrogen (secondary N) is 2. The van der Waals surface area contributed by atoms with Crippen molar-refractivity contribution < 1.29 is 12.6 Å². The predicted octanol–water partition coefficient (Wildman–Crippen LogP) is 0.0115. The van der Waals surface area contributed by atoms with Crippen LogP contribution < -0.4 is 5.32 Å². The molecule has 0 atom stereocenters. The van der Waals surface area contributed by atoms with E-state index in [4.69, 9.17) is 5.41 Å². The first-order chi connectivity index (χ1) is 7.01. The van der Waals surface area contributed by atoms with Crippen molar-refractivity contribution >= 4 is 22.0 Å². The number of hydrogen-bond acceptors (Lipinski definition) is 6. The Morgan fingerprint density at radius 3 is 3.00 bits per heavy atom. The van der Waals surface area contributed by atoms with Crippen LogP contribution in [0.25, 0.3) is 0 Å². The Bertz CT molecular complexity index is 434. The molecule has 0 amide bonds. The number of allylic oxidation sites excluding steroid dienone is 1. The second-order valence-corrected chi connectivity index (χ2v) is 4.41. The number of aliphatic imine (C=N–C) groups is 1. The van der Waals surface area contributed by atoms with Crippen molar-refractivity contribution in [2.24, 2.45) is 4.99 Å². The fourth-order valence-corrected chi connectivity index (χ4v) is 1.19. The van der Waals surface area contributed by atoms with Crippen molar-refractivity contribution in [2.75, 3.05) is 12.9 Å². The molecule has 1 aliphatic rings. The van der Waals surface area contributed by atoms with E-state index in [0.717, 1.165) is 12.5 Å². The Morgan fingerprint density at radius 1 is 1.67 bits per heavy atom.